The predicted molar refractivity (Wildman–Crippen MR) is 125 cm³/mol. The van der Waals surface area contributed by atoms with Crippen LogP contribution >= 0.6 is 0 Å². The molecular formula is C25H25N3O6. The zero-order valence-corrected chi connectivity index (χ0v) is 19.0. The summed E-state index contributed by atoms with van der Waals surface area (Å²) >= 11 is 0. The van der Waals surface area contributed by atoms with E-state index in [1.807, 2.05) is 12.2 Å². The van der Waals surface area contributed by atoms with E-state index in [4.69, 9.17) is 14.2 Å². The van der Waals surface area contributed by atoms with Gasteiger partial charge in [0.1, 0.15) is 5.60 Å². The first-order valence-electron chi connectivity index (χ1n) is 10.9. The molecule has 5 rings (SSSR count). The molecule has 2 saturated heterocycles. The van der Waals surface area contributed by atoms with Crippen molar-refractivity contribution in [1.82, 2.24) is 0 Å². The third-order valence-corrected chi connectivity index (χ3v) is 6.55. The number of hydrogen-bond donors (Lipinski definition) is 2. The highest BCUT2D eigenvalue weighted by Gasteiger charge is 2.67. The molecule has 0 unspecified atom stereocenters. The van der Waals surface area contributed by atoms with Crippen molar-refractivity contribution in [1.29, 1.82) is 0 Å². The maximum atomic E-state index is 13.5. The summed E-state index contributed by atoms with van der Waals surface area (Å²) in [5, 5.41) is 5.62. The van der Waals surface area contributed by atoms with Crippen LogP contribution in [0.15, 0.2) is 54.6 Å². The number of benzene rings is 2. The lowest BCUT2D eigenvalue weighted by Crippen LogP contribution is -2.41. The lowest BCUT2D eigenvalue weighted by Gasteiger charge is -2.23. The second-order valence-electron chi connectivity index (χ2n) is 8.61. The normalized spacial score (nSPS) is 26.4. The van der Waals surface area contributed by atoms with Crippen LogP contribution in [0.25, 0.3) is 0 Å². The van der Waals surface area contributed by atoms with Crippen molar-refractivity contribution in [2.45, 2.75) is 18.6 Å². The van der Waals surface area contributed by atoms with Gasteiger partial charge in [-0.05, 0) is 36.4 Å². The molecule has 3 aliphatic rings. The Morgan fingerprint density at radius 2 is 1.74 bits per heavy atom. The summed E-state index contributed by atoms with van der Waals surface area (Å²) in [4.78, 5) is 39.8. The summed E-state index contributed by atoms with van der Waals surface area (Å²) in [7, 11) is 3.07. The lowest BCUT2D eigenvalue weighted by atomic mass is 9.77. The first-order valence-corrected chi connectivity index (χ1v) is 10.9. The van der Waals surface area contributed by atoms with Gasteiger partial charge in [-0.3, -0.25) is 14.4 Å². The second kappa shape index (κ2) is 8.18. The summed E-state index contributed by atoms with van der Waals surface area (Å²) < 4.78 is 16.8. The van der Waals surface area contributed by atoms with Crippen molar-refractivity contribution in [2.75, 3.05) is 36.3 Å². The van der Waals surface area contributed by atoms with Crippen LogP contribution in [-0.2, 0) is 19.1 Å². The topological polar surface area (TPSA) is 106 Å². The third-order valence-electron chi connectivity index (χ3n) is 6.55. The predicted octanol–water partition coefficient (Wildman–Crippen LogP) is 2.59. The molecule has 2 aromatic carbocycles. The Balaban J connectivity index is 1.37. The van der Waals surface area contributed by atoms with Crippen LogP contribution < -0.4 is 25.0 Å². The van der Waals surface area contributed by atoms with Gasteiger partial charge in [0.05, 0.1) is 38.7 Å². The number of carbonyl (C=O) groups is 3. The van der Waals surface area contributed by atoms with Crippen molar-refractivity contribution >= 4 is 34.8 Å². The molecule has 2 bridgehead atoms. The number of hydrogen-bond acceptors (Lipinski definition) is 6. The zero-order valence-electron chi connectivity index (χ0n) is 19.0. The average Bonchev–Trinajstić information content (AvgIpc) is 3.47. The molecule has 176 valence electrons. The molecule has 3 heterocycles. The molecule has 9 nitrogen and oxygen atoms in total. The summed E-state index contributed by atoms with van der Waals surface area (Å²) in [6, 6.07) is 12.1. The van der Waals surface area contributed by atoms with Gasteiger partial charge in [0, 0.05) is 30.1 Å². The van der Waals surface area contributed by atoms with Gasteiger partial charge in [0.25, 0.3) is 0 Å². The molecule has 9 heteroatoms. The number of carbonyl (C=O) groups excluding carboxylic acids is 3. The summed E-state index contributed by atoms with van der Waals surface area (Å²) in [5.74, 6) is -0.857. The minimum atomic E-state index is -0.836. The van der Waals surface area contributed by atoms with Crippen molar-refractivity contribution in [3.63, 3.8) is 0 Å². The number of ether oxygens (including phenoxy) is 3. The van der Waals surface area contributed by atoms with Crippen LogP contribution in [-0.4, -0.2) is 50.2 Å². The molecule has 0 aromatic heterocycles. The highest BCUT2D eigenvalue weighted by Crippen LogP contribution is 2.53. The fourth-order valence-corrected chi connectivity index (χ4v) is 5.08. The van der Waals surface area contributed by atoms with Gasteiger partial charge < -0.3 is 29.7 Å². The van der Waals surface area contributed by atoms with E-state index >= 15 is 0 Å². The van der Waals surface area contributed by atoms with Gasteiger partial charge in [-0.2, -0.15) is 0 Å². The number of nitrogens with zero attached hydrogens (tertiary/aromatic N) is 1. The number of amides is 3. The van der Waals surface area contributed by atoms with E-state index in [1.54, 1.807) is 54.5 Å². The van der Waals surface area contributed by atoms with Crippen LogP contribution in [0.5, 0.6) is 11.5 Å². The van der Waals surface area contributed by atoms with Gasteiger partial charge in [0.2, 0.25) is 17.7 Å². The molecule has 2 fully saturated rings. The van der Waals surface area contributed by atoms with Crippen molar-refractivity contribution in [3.05, 3.63) is 54.6 Å². The molecule has 1 spiro atoms. The molecule has 2 aromatic rings. The molecule has 0 aliphatic carbocycles. The first-order chi connectivity index (χ1) is 16.3. The maximum Gasteiger partial charge on any atom is 0.234 e. The minimum Gasteiger partial charge on any atom is -0.493 e. The zero-order chi connectivity index (χ0) is 24.0. The third kappa shape index (κ3) is 3.49. The Morgan fingerprint density at radius 3 is 2.41 bits per heavy atom. The van der Waals surface area contributed by atoms with Crippen LogP contribution in [0, 0.1) is 11.8 Å². The van der Waals surface area contributed by atoms with Crippen molar-refractivity contribution in [3.8, 4) is 11.5 Å². The average molecular weight is 463 g/mol. The van der Waals surface area contributed by atoms with E-state index in [1.165, 1.54) is 14.0 Å². The lowest BCUT2D eigenvalue weighted by molar-refractivity contribution is -0.128. The quantitative estimate of drug-likeness (QED) is 0.638. The maximum absolute atomic E-state index is 13.5. The smallest absolute Gasteiger partial charge is 0.234 e. The highest BCUT2D eigenvalue weighted by molar-refractivity contribution is 6.05. The number of nitrogens with one attached hydrogen (secondary N) is 2. The van der Waals surface area contributed by atoms with Crippen molar-refractivity contribution < 1.29 is 28.6 Å². The fraction of sp³-hybridized carbons (Fsp3) is 0.320. The van der Waals surface area contributed by atoms with E-state index in [-0.39, 0.29) is 17.7 Å². The molecule has 34 heavy (non-hydrogen) atoms. The summed E-state index contributed by atoms with van der Waals surface area (Å²) in [6.07, 6.45) is 3.32. The summed E-state index contributed by atoms with van der Waals surface area (Å²) in [6.45, 7) is 1.76. The Bertz CT molecular complexity index is 1190. The Hall–Kier alpha value is -3.85. The molecule has 3 aliphatic heterocycles. The Labute approximate surface area is 196 Å². The Morgan fingerprint density at radius 1 is 1.03 bits per heavy atom. The number of anilines is 3. The molecule has 2 N–H and O–H groups in total. The minimum absolute atomic E-state index is 0.161. The molecule has 0 radical (unpaired) electrons. The van der Waals surface area contributed by atoms with Gasteiger partial charge in [-0.1, -0.05) is 12.2 Å². The van der Waals surface area contributed by atoms with E-state index in [9.17, 15) is 14.4 Å². The van der Waals surface area contributed by atoms with Crippen LogP contribution in [0.1, 0.15) is 6.92 Å². The van der Waals surface area contributed by atoms with Gasteiger partial charge in [-0.25, -0.2) is 0 Å². The van der Waals surface area contributed by atoms with Crippen LogP contribution in [0.2, 0.25) is 0 Å². The Kier molecular flexibility index (Phi) is 5.28. The number of methoxy groups -OCH3 is 2. The van der Waals surface area contributed by atoms with Crippen molar-refractivity contribution in [2.24, 2.45) is 11.8 Å². The molecule has 3 amide bonds. The first kappa shape index (κ1) is 22.0. The highest BCUT2D eigenvalue weighted by atomic mass is 16.5. The van der Waals surface area contributed by atoms with Crippen LogP contribution in [0.4, 0.5) is 17.1 Å². The van der Waals surface area contributed by atoms with Gasteiger partial charge >= 0.3 is 0 Å². The van der Waals surface area contributed by atoms with E-state index < -0.39 is 23.5 Å². The second-order valence-corrected chi connectivity index (χ2v) is 8.61. The SMILES string of the molecule is COc1ccc(NC(=O)[C@H]2[C@@H]3C=C[C@@]4(CN(c5ccc(NC(C)=O)cc5)C(=O)[C@H]24)O3)cc1OC. The standard InChI is InChI=1S/C25H25N3O6/c1-14(29)26-15-4-7-17(8-5-15)28-13-25-11-10-19(34-25)21(22(25)24(28)31)23(30)27-16-6-9-18(32-2)20(12-16)33-3/h4-12,19,21-22H,13H2,1-3H3,(H,26,29)(H,27,30)/t19-,21-,22-,25-/m0/s1. The van der Waals surface area contributed by atoms with E-state index in [2.05, 4.69) is 10.6 Å². The molecule has 0 saturated carbocycles. The number of rotatable bonds is 6. The van der Waals surface area contributed by atoms with E-state index in [0.717, 1.165) is 0 Å². The van der Waals surface area contributed by atoms with Crippen LogP contribution in [0.3, 0.4) is 0 Å². The summed E-state index contributed by atoms with van der Waals surface area (Å²) in [5.41, 5.74) is 1.03. The van der Waals surface area contributed by atoms with Gasteiger partial charge in [-0.15, -0.1) is 0 Å². The molecule has 4 atom stereocenters. The fourth-order valence-electron chi connectivity index (χ4n) is 5.08. The van der Waals surface area contributed by atoms with E-state index in [0.29, 0.717) is 35.1 Å². The molecular weight excluding hydrogens is 438 g/mol. The number of fused-ring (bicyclic) bond motifs is 1. The van der Waals surface area contributed by atoms with Gasteiger partial charge in [0.15, 0.2) is 11.5 Å². The monoisotopic (exact) mass is 463 g/mol. The largest absolute Gasteiger partial charge is 0.493 e.